The van der Waals surface area contributed by atoms with E-state index >= 15 is 0 Å². The topological polar surface area (TPSA) is 20.2 Å². The number of aliphatic hydroxyl groups is 1. The van der Waals surface area contributed by atoms with E-state index in [1.807, 2.05) is 55.5 Å². The van der Waals surface area contributed by atoms with Crippen LogP contribution in [-0.2, 0) is 6.42 Å². The van der Waals surface area contributed by atoms with Gasteiger partial charge >= 0.3 is 0 Å². The van der Waals surface area contributed by atoms with E-state index in [0.717, 1.165) is 21.2 Å². The average molecular weight is 291 g/mol. The second-order valence-electron chi connectivity index (χ2n) is 4.21. The Balaban J connectivity index is 2.17. The van der Waals surface area contributed by atoms with Crippen molar-refractivity contribution in [1.29, 1.82) is 0 Å². The van der Waals surface area contributed by atoms with Crippen molar-refractivity contribution in [3.05, 3.63) is 69.7 Å². The van der Waals surface area contributed by atoms with Crippen molar-refractivity contribution in [3.8, 4) is 0 Å². The zero-order chi connectivity index (χ0) is 12.3. The zero-order valence-corrected chi connectivity index (χ0v) is 11.3. The molecule has 17 heavy (non-hydrogen) atoms. The van der Waals surface area contributed by atoms with Gasteiger partial charge in [-0.3, -0.25) is 0 Å². The Morgan fingerprint density at radius 1 is 1.12 bits per heavy atom. The Bertz CT molecular complexity index is 494. The molecule has 0 aliphatic heterocycles. The summed E-state index contributed by atoms with van der Waals surface area (Å²) in [6.07, 6.45) is 0.217. The monoisotopic (exact) mass is 290 g/mol. The van der Waals surface area contributed by atoms with Crippen molar-refractivity contribution >= 4 is 15.9 Å². The van der Waals surface area contributed by atoms with Crippen LogP contribution in [0.5, 0.6) is 0 Å². The second kappa shape index (κ2) is 5.48. The summed E-state index contributed by atoms with van der Waals surface area (Å²) in [7, 11) is 0. The lowest BCUT2D eigenvalue weighted by Gasteiger charge is -2.14. The molecule has 2 aromatic rings. The summed E-state index contributed by atoms with van der Waals surface area (Å²) in [6.45, 7) is 2.02. The van der Waals surface area contributed by atoms with Crippen LogP contribution in [0.2, 0.25) is 0 Å². The normalized spacial score (nSPS) is 12.4. The van der Waals surface area contributed by atoms with Gasteiger partial charge in [-0.2, -0.15) is 0 Å². The number of hydrogen-bond donors (Lipinski definition) is 1. The molecule has 1 atom stereocenters. The molecule has 0 bridgehead atoms. The number of halogens is 1. The van der Waals surface area contributed by atoms with Crippen molar-refractivity contribution in [2.75, 3.05) is 0 Å². The molecule has 1 nitrogen and oxygen atoms in total. The third kappa shape index (κ3) is 3.18. The van der Waals surface area contributed by atoms with Crippen LogP contribution >= 0.6 is 15.9 Å². The van der Waals surface area contributed by atoms with Gasteiger partial charge in [-0.25, -0.2) is 0 Å². The third-order valence-corrected chi connectivity index (χ3v) is 3.36. The number of benzene rings is 2. The molecule has 0 saturated heterocycles. The molecule has 0 aliphatic rings. The van der Waals surface area contributed by atoms with Crippen LogP contribution in [-0.4, -0.2) is 5.11 Å². The van der Waals surface area contributed by atoms with Crippen LogP contribution in [0.3, 0.4) is 0 Å². The fourth-order valence-corrected chi connectivity index (χ4v) is 2.44. The fourth-order valence-electron chi connectivity index (χ4n) is 1.96. The largest absolute Gasteiger partial charge is 0.388 e. The summed E-state index contributed by atoms with van der Waals surface area (Å²) in [6, 6.07) is 16.0. The molecule has 2 aromatic carbocycles. The quantitative estimate of drug-likeness (QED) is 0.905. The molecule has 0 aliphatic carbocycles. The Morgan fingerprint density at radius 3 is 2.47 bits per heavy atom. The molecular formula is C15H15BrO. The van der Waals surface area contributed by atoms with E-state index < -0.39 is 6.10 Å². The highest BCUT2D eigenvalue weighted by molar-refractivity contribution is 9.10. The van der Waals surface area contributed by atoms with E-state index in [-0.39, 0.29) is 0 Å². The predicted octanol–water partition coefficient (Wildman–Crippen LogP) is 4.03. The van der Waals surface area contributed by atoms with Gasteiger partial charge in [0.05, 0.1) is 6.10 Å². The minimum Gasteiger partial charge on any atom is -0.388 e. The van der Waals surface area contributed by atoms with Gasteiger partial charge in [-0.05, 0) is 35.7 Å². The lowest BCUT2D eigenvalue weighted by molar-refractivity contribution is 0.177. The van der Waals surface area contributed by atoms with Crippen LogP contribution in [0.4, 0.5) is 0 Å². The number of aryl methyl sites for hydroxylation is 1. The lowest BCUT2D eigenvalue weighted by Crippen LogP contribution is -2.03. The molecule has 0 aromatic heterocycles. The first kappa shape index (κ1) is 12.3. The van der Waals surface area contributed by atoms with Gasteiger partial charge in [0.2, 0.25) is 0 Å². The Hall–Kier alpha value is -1.12. The highest BCUT2D eigenvalue weighted by Crippen LogP contribution is 2.24. The van der Waals surface area contributed by atoms with Crippen molar-refractivity contribution in [2.45, 2.75) is 19.4 Å². The Kier molecular flexibility index (Phi) is 3.97. The third-order valence-electron chi connectivity index (χ3n) is 2.86. The Labute approximate surface area is 110 Å². The SMILES string of the molecule is Cc1cc(Br)ccc1C(O)Cc1ccccc1. The summed E-state index contributed by atoms with van der Waals surface area (Å²) in [4.78, 5) is 0. The van der Waals surface area contributed by atoms with Crippen molar-refractivity contribution in [1.82, 2.24) is 0 Å². The summed E-state index contributed by atoms with van der Waals surface area (Å²) >= 11 is 3.43. The van der Waals surface area contributed by atoms with E-state index in [9.17, 15) is 5.11 Å². The molecule has 88 valence electrons. The molecule has 0 spiro atoms. The molecule has 0 saturated carbocycles. The van der Waals surface area contributed by atoms with E-state index in [2.05, 4.69) is 15.9 Å². The van der Waals surface area contributed by atoms with Crippen molar-refractivity contribution < 1.29 is 5.11 Å². The minimum atomic E-state index is -0.439. The number of rotatable bonds is 3. The molecule has 1 N–H and O–H groups in total. The van der Waals surface area contributed by atoms with E-state index in [1.54, 1.807) is 0 Å². The molecule has 0 radical (unpaired) electrons. The molecule has 0 heterocycles. The summed E-state index contributed by atoms with van der Waals surface area (Å²) in [5.41, 5.74) is 3.27. The first-order chi connectivity index (χ1) is 8.16. The molecule has 2 heteroatoms. The smallest absolute Gasteiger partial charge is 0.0832 e. The maximum absolute atomic E-state index is 10.2. The predicted molar refractivity (Wildman–Crippen MR) is 74.0 cm³/mol. The molecule has 0 fully saturated rings. The van der Waals surface area contributed by atoms with Gasteiger partial charge in [-0.1, -0.05) is 52.3 Å². The lowest BCUT2D eigenvalue weighted by atomic mass is 9.98. The number of hydrogen-bond acceptors (Lipinski definition) is 1. The second-order valence-corrected chi connectivity index (χ2v) is 5.12. The molecule has 0 amide bonds. The first-order valence-electron chi connectivity index (χ1n) is 5.65. The van der Waals surface area contributed by atoms with Crippen LogP contribution in [0.1, 0.15) is 22.8 Å². The molecule has 1 unspecified atom stereocenters. The van der Waals surface area contributed by atoms with E-state index in [0.29, 0.717) is 6.42 Å². The molecule has 2 rings (SSSR count). The van der Waals surface area contributed by atoms with Crippen molar-refractivity contribution in [3.63, 3.8) is 0 Å². The first-order valence-corrected chi connectivity index (χ1v) is 6.44. The molecular weight excluding hydrogens is 276 g/mol. The van der Waals surface area contributed by atoms with Gasteiger partial charge in [-0.15, -0.1) is 0 Å². The Morgan fingerprint density at radius 2 is 1.82 bits per heavy atom. The zero-order valence-electron chi connectivity index (χ0n) is 9.73. The van der Waals surface area contributed by atoms with E-state index in [1.165, 1.54) is 0 Å². The fraction of sp³-hybridized carbons (Fsp3) is 0.200. The number of aliphatic hydroxyl groups excluding tert-OH is 1. The van der Waals surface area contributed by atoms with Gasteiger partial charge < -0.3 is 5.11 Å². The van der Waals surface area contributed by atoms with Gasteiger partial charge in [0, 0.05) is 10.9 Å². The standard InChI is InChI=1S/C15H15BrO/c1-11-9-13(16)7-8-14(11)15(17)10-12-5-3-2-4-6-12/h2-9,15,17H,10H2,1H3. The summed E-state index contributed by atoms with van der Waals surface area (Å²) < 4.78 is 1.05. The van der Waals surface area contributed by atoms with Crippen LogP contribution in [0.25, 0.3) is 0 Å². The highest BCUT2D eigenvalue weighted by atomic mass is 79.9. The highest BCUT2D eigenvalue weighted by Gasteiger charge is 2.11. The van der Waals surface area contributed by atoms with E-state index in [4.69, 9.17) is 0 Å². The summed E-state index contributed by atoms with van der Waals surface area (Å²) in [5, 5.41) is 10.2. The van der Waals surface area contributed by atoms with Crippen LogP contribution in [0.15, 0.2) is 53.0 Å². The van der Waals surface area contributed by atoms with Crippen LogP contribution in [0, 0.1) is 6.92 Å². The van der Waals surface area contributed by atoms with Crippen LogP contribution < -0.4 is 0 Å². The summed E-state index contributed by atoms with van der Waals surface area (Å²) in [5.74, 6) is 0. The van der Waals surface area contributed by atoms with Crippen molar-refractivity contribution in [2.24, 2.45) is 0 Å². The van der Waals surface area contributed by atoms with Gasteiger partial charge in [0.15, 0.2) is 0 Å². The van der Waals surface area contributed by atoms with Gasteiger partial charge in [0.25, 0.3) is 0 Å². The van der Waals surface area contributed by atoms with Gasteiger partial charge in [0.1, 0.15) is 0 Å². The minimum absolute atomic E-state index is 0.439. The average Bonchev–Trinajstić information content (AvgIpc) is 2.30. The maximum atomic E-state index is 10.2. The maximum Gasteiger partial charge on any atom is 0.0832 e.